The molecular formula is C20H24N4O4. The molecule has 0 bridgehead atoms. The number of methoxy groups -OCH3 is 1. The number of piperidine rings is 1. The highest BCUT2D eigenvalue weighted by molar-refractivity contribution is 5.94. The van der Waals surface area contributed by atoms with Crippen molar-refractivity contribution < 1.29 is 14.3 Å². The fourth-order valence-corrected chi connectivity index (χ4v) is 3.57. The van der Waals surface area contributed by atoms with E-state index in [4.69, 9.17) is 9.47 Å². The Labute approximate surface area is 163 Å². The van der Waals surface area contributed by atoms with E-state index in [-0.39, 0.29) is 11.2 Å². The number of anilines is 1. The minimum atomic E-state index is -0.537. The van der Waals surface area contributed by atoms with Gasteiger partial charge in [0.1, 0.15) is 17.7 Å². The molecule has 0 saturated carbocycles. The minimum Gasteiger partial charge on any atom is -0.456 e. The topological polar surface area (TPSA) is 108 Å². The highest BCUT2D eigenvalue weighted by Gasteiger charge is 2.32. The van der Waals surface area contributed by atoms with Gasteiger partial charge in [0.05, 0.1) is 28.7 Å². The predicted molar refractivity (Wildman–Crippen MR) is 104 cm³/mol. The molecule has 0 aliphatic carbocycles. The number of nitrogens with zero attached hydrogens (tertiary/aromatic N) is 3. The van der Waals surface area contributed by atoms with Crippen molar-refractivity contribution in [2.24, 2.45) is 0 Å². The third kappa shape index (κ3) is 3.71. The molecule has 0 amide bonds. The molecule has 2 aromatic rings. The Kier molecular flexibility index (Phi) is 5.38. The number of aromatic amines is 1. The first-order chi connectivity index (χ1) is 13.3. The predicted octanol–water partition coefficient (Wildman–Crippen LogP) is 2.42. The van der Waals surface area contributed by atoms with E-state index in [1.54, 1.807) is 26.3 Å². The molecule has 148 valence electrons. The van der Waals surface area contributed by atoms with Gasteiger partial charge in [-0.25, -0.2) is 0 Å². The maximum absolute atomic E-state index is 12.4. The van der Waals surface area contributed by atoms with E-state index in [1.807, 2.05) is 6.07 Å². The van der Waals surface area contributed by atoms with Crippen LogP contribution in [0.3, 0.4) is 0 Å². The molecule has 0 spiro atoms. The fraction of sp³-hybridized carbons (Fsp3) is 0.500. The molecule has 2 aromatic heterocycles. The number of H-pyrrole nitrogens is 1. The van der Waals surface area contributed by atoms with Gasteiger partial charge in [-0.1, -0.05) is 0 Å². The third-order valence-corrected chi connectivity index (χ3v) is 5.39. The van der Waals surface area contributed by atoms with Crippen LogP contribution in [0.4, 0.5) is 5.69 Å². The molecule has 28 heavy (non-hydrogen) atoms. The number of fused-ring (bicyclic) bond motifs is 1. The summed E-state index contributed by atoms with van der Waals surface area (Å²) in [6, 6.07) is 3.82. The average Bonchev–Trinajstić information content (AvgIpc) is 2.67. The summed E-state index contributed by atoms with van der Waals surface area (Å²) in [5, 5.41) is 10.3. The van der Waals surface area contributed by atoms with Crippen molar-refractivity contribution in [3.8, 4) is 6.07 Å². The summed E-state index contributed by atoms with van der Waals surface area (Å²) in [5.74, 6) is -0.399. The van der Waals surface area contributed by atoms with Crippen LogP contribution in [0.15, 0.2) is 17.1 Å². The van der Waals surface area contributed by atoms with E-state index in [2.05, 4.69) is 21.8 Å². The van der Waals surface area contributed by atoms with Gasteiger partial charge in [-0.3, -0.25) is 14.6 Å². The zero-order valence-electron chi connectivity index (χ0n) is 16.5. The van der Waals surface area contributed by atoms with Gasteiger partial charge in [-0.15, -0.1) is 0 Å². The number of carbonyl (C=O) groups is 1. The van der Waals surface area contributed by atoms with Gasteiger partial charge in [-0.05, 0) is 32.8 Å². The van der Waals surface area contributed by atoms with Crippen LogP contribution in [0.1, 0.15) is 51.0 Å². The molecule has 1 fully saturated rings. The van der Waals surface area contributed by atoms with Crippen molar-refractivity contribution in [2.75, 3.05) is 25.1 Å². The molecule has 3 heterocycles. The van der Waals surface area contributed by atoms with Crippen LogP contribution < -0.4 is 10.5 Å². The Hall–Kier alpha value is -2.92. The largest absolute Gasteiger partial charge is 0.456 e. The Morgan fingerprint density at radius 1 is 1.43 bits per heavy atom. The summed E-state index contributed by atoms with van der Waals surface area (Å²) >= 11 is 0. The molecule has 1 saturated heterocycles. The first-order valence-corrected chi connectivity index (χ1v) is 9.21. The lowest BCUT2D eigenvalue weighted by atomic mass is 9.92. The number of esters is 1. The highest BCUT2D eigenvalue weighted by atomic mass is 16.5. The van der Waals surface area contributed by atoms with Crippen LogP contribution in [0, 0.1) is 11.3 Å². The molecule has 8 heteroatoms. The van der Waals surface area contributed by atoms with Crippen LogP contribution in [0.2, 0.25) is 0 Å². The lowest BCUT2D eigenvalue weighted by Gasteiger charge is -2.40. The number of hydrogen-bond acceptors (Lipinski definition) is 7. The molecular weight excluding hydrogens is 360 g/mol. The maximum Gasteiger partial charge on any atom is 0.303 e. The van der Waals surface area contributed by atoms with E-state index < -0.39 is 17.6 Å². The van der Waals surface area contributed by atoms with Crippen LogP contribution in [0.5, 0.6) is 0 Å². The Balaban J connectivity index is 2.12. The lowest BCUT2D eigenvalue weighted by molar-refractivity contribution is -0.145. The highest BCUT2D eigenvalue weighted by Crippen LogP contribution is 2.34. The van der Waals surface area contributed by atoms with Crippen molar-refractivity contribution in [2.45, 2.75) is 45.3 Å². The monoisotopic (exact) mass is 384 g/mol. The molecule has 1 aliphatic rings. The second-order valence-electron chi connectivity index (χ2n) is 7.34. The van der Waals surface area contributed by atoms with Gasteiger partial charge in [0, 0.05) is 32.5 Å². The van der Waals surface area contributed by atoms with E-state index >= 15 is 0 Å². The van der Waals surface area contributed by atoms with Gasteiger partial charge in [-0.2, -0.15) is 5.26 Å². The minimum absolute atomic E-state index is 0.0748. The second kappa shape index (κ2) is 7.60. The summed E-state index contributed by atoms with van der Waals surface area (Å²) in [6.45, 7) is 6.46. The Morgan fingerprint density at radius 3 is 2.68 bits per heavy atom. The smallest absolute Gasteiger partial charge is 0.303 e. The summed E-state index contributed by atoms with van der Waals surface area (Å²) < 4.78 is 10.8. The van der Waals surface area contributed by atoms with E-state index in [1.165, 1.54) is 6.92 Å². The quantitative estimate of drug-likeness (QED) is 0.806. The number of hydrogen-bond donors (Lipinski definition) is 1. The van der Waals surface area contributed by atoms with E-state index in [0.717, 1.165) is 12.8 Å². The summed E-state index contributed by atoms with van der Waals surface area (Å²) in [7, 11) is 1.70. The number of nitriles is 1. The fourth-order valence-electron chi connectivity index (χ4n) is 3.57. The summed E-state index contributed by atoms with van der Waals surface area (Å²) in [5.41, 5.74) is 1.12. The van der Waals surface area contributed by atoms with Crippen molar-refractivity contribution in [3.05, 3.63) is 33.9 Å². The number of pyridine rings is 2. The molecule has 1 atom stereocenters. The third-order valence-electron chi connectivity index (χ3n) is 5.39. The zero-order valence-corrected chi connectivity index (χ0v) is 16.5. The van der Waals surface area contributed by atoms with E-state index in [0.29, 0.717) is 35.4 Å². The van der Waals surface area contributed by atoms with E-state index in [9.17, 15) is 14.9 Å². The molecule has 1 N–H and O–H groups in total. The van der Waals surface area contributed by atoms with Crippen molar-refractivity contribution in [3.63, 3.8) is 0 Å². The lowest BCUT2D eigenvalue weighted by Crippen LogP contribution is -2.44. The summed E-state index contributed by atoms with van der Waals surface area (Å²) in [4.78, 5) is 32.8. The number of rotatable bonds is 4. The molecule has 1 aliphatic heterocycles. The first kappa shape index (κ1) is 19.8. The number of ether oxygens (including phenoxy) is 2. The van der Waals surface area contributed by atoms with Gasteiger partial charge in [0.25, 0.3) is 5.56 Å². The molecule has 0 aromatic carbocycles. The van der Waals surface area contributed by atoms with Crippen LogP contribution in [0.25, 0.3) is 10.9 Å². The van der Waals surface area contributed by atoms with Crippen LogP contribution in [-0.4, -0.2) is 41.7 Å². The second-order valence-corrected chi connectivity index (χ2v) is 7.34. The molecule has 0 radical (unpaired) electrons. The van der Waals surface area contributed by atoms with Crippen molar-refractivity contribution >= 4 is 22.6 Å². The first-order valence-electron chi connectivity index (χ1n) is 9.21. The maximum atomic E-state index is 12.4. The van der Waals surface area contributed by atoms with Crippen molar-refractivity contribution in [1.29, 1.82) is 5.26 Å². The van der Waals surface area contributed by atoms with Gasteiger partial charge >= 0.3 is 5.97 Å². The molecule has 8 nitrogen and oxygen atoms in total. The van der Waals surface area contributed by atoms with Gasteiger partial charge in [0.2, 0.25) is 0 Å². The summed E-state index contributed by atoms with van der Waals surface area (Å²) in [6.07, 6.45) is 2.57. The Morgan fingerprint density at radius 2 is 2.11 bits per heavy atom. The Bertz CT molecular complexity index is 1000. The van der Waals surface area contributed by atoms with Crippen LogP contribution in [-0.2, 0) is 14.3 Å². The normalized spacial score (nSPS) is 17.2. The number of carbonyl (C=O) groups excluding carboxylic acids is 1. The number of nitrogens with one attached hydrogen (secondary N) is 1. The van der Waals surface area contributed by atoms with Crippen molar-refractivity contribution in [1.82, 2.24) is 9.97 Å². The SMILES string of the molecule is COC1(C)CCN(c2c(C#N)c(=O)[nH]c3cnc(C(C)OC(C)=O)cc23)CC1. The van der Waals surface area contributed by atoms with Gasteiger partial charge in [0.15, 0.2) is 0 Å². The standard InChI is InChI=1S/C20H24N4O4/c1-12(28-13(2)25)16-9-14-17(11-22-16)23-19(26)15(10-21)18(14)24-7-5-20(3,27-4)6-8-24/h9,11-12H,5-8H2,1-4H3,(H,23,26). The number of aromatic nitrogens is 2. The van der Waals surface area contributed by atoms with Gasteiger partial charge < -0.3 is 19.4 Å². The molecule has 3 rings (SSSR count). The zero-order chi connectivity index (χ0) is 20.5. The molecule has 1 unspecified atom stereocenters. The average molecular weight is 384 g/mol. The van der Waals surface area contributed by atoms with Crippen LogP contribution >= 0.6 is 0 Å².